The molecule has 0 fully saturated rings. The number of nitrogens with one attached hydrogen (secondary N) is 2. The Balaban J connectivity index is 1.88. The number of hydrogen-bond acceptors (Lipinski definition) is 5. The lowest BCUT2D eigenvalue weighted by molar-refractivity contribution is 0.102. The van der Waals surface area contributed by atoms with Gasteiger partial charge in [-0.3, -0.25) is 10.1 Å². The van der Waals surface area contributed by atoms with Crippen LogP contribution in [0.1, 0.15) is 10.4 Å². The lowest BCUT2D eigenvalue weighted by atomic mass is 10.2. The third kappa shape index (κ3) is 3.58. The van der Waals surface area contributed by atoms with E-state index in [1.807, 2.05) is 12.1 Å². The van der Waals surface area contributed by atoms with Crippen LogP contribution in [0.15, 0.2) is 47.4 Å². The summed E-state index contributed by atoms with van der Waals surface area (Å²) >= 11 is 3.40. The first kappa shape index (κ1) is 17.3. The molecule has 1 amide bonds. The summed E-state index contributed by atoms with van der Waals surface area (Å²) < 4.78 is 27.7. The van der Waals surface area contributed by atoms with Crippen molar-refractivity contribution < 1.29 is 13.2 Å². The van der Waals surface area contributed by atoms with Gasteiger partial charge in [0.2, 0.25) is 10.0 Å². The quantitative estimate of drug-likeness (QED) is 0.571. The molecule has 0 bridgehead atoms. The van der Waals surface area contributed by atoms with Crippen LogP contribution >= 0.6 is 33.9 Å². The molecule has 3 aromatic rings. The molecule has 0 atom stereocenters. The molecule has 1 aromatic heterocycles. The van der Waals surface area contributed by atoms with Crippen LogP contribution in [0.5, 0.6) is 0 Å². The van der Waals surface area contributed by atoms with E-state index in [4.69, 9.17) is 0 Å². The Morgan fingerprint density at radius 3 is 2.54 bits per heavy atom. The van der Waals surface area contributed by atoms with E-state index in [9.17, 15) is 13.2 Å². The van der Waals surface area contributed by atoms with E-state index in [1.54, 1.807) is 24.3 Å². The highest BCUT2D eigenvalue weighted by Crippen LogP contribution is 2.28. The minimum absolute atomic E-state index is 0.164. The number of rotatable bonds is 4. The zero-order valence-electron chi connectivity index (χ0n) is 12.4. The van der Waals surface area contributed by atoms with E-state index in [2.05, 4.69) is 37.6 Å². The molecule has 124 valence electrons. The van der Waals surface area contributed by atoms with Gasteiger partial charge >= 0.3 is 0 Å². The van der Waals surface area contributed by atoms with Crippen molar-refractivity contribution in [2.45, 2.75) is 4.90 Å². The molecule has 2 aromatic carbocycles. The normalized spacial score (nSPS) is 11.6. The second kappa shape index (κ2) is 6.75. The summed E-state index contributed by atoms with van der Waals surface area (Å²) in [4.78, 5) is 16.7. The lowest BCUT2D eigenvalue weighted by Crippen LogP contribution is -2.18. The molecule has 0 saturated carbocycles. The predicted molar refractivity (Wildman–Crippen MR) is 103 cm³/mol. The number of amides is 1. The minimum atomic E-state index is -3.51. The van der Waals surface area contributed by atoms with Gasteiger partial charge in [0, 0.05) is 9.13 Å². The van der Waals surface area contributed by atoms with Crippen molar-refractivity contribution in [1.82, 2.24) is 9.71 Å². The zero-order valence-corrected chi connectivity index (χ0v) is 16.2. The summed E-state index contributed by atoms with van der Waals surface area (Å²) in [6, 6.07) is 11.8. The number of nitrogens with zero attached hydrogens (tertiary/aromatic N) is 1. The van der Waals surface area contributed by atoms with E-state index >= 15 is 0 Å². The number of hydrogen-bond donors (Lipinski definition) is 2. The highest BCUT2D eigenvalue weighted by Gasteiger charge is 2.14. The summed E-state index contributed by atoms with van der Waals surface area (Å²) in [5, 5.41) is 3.16. The maximum Gasteiger partial charge on any atom is 0.257 e. The SMILES string of the molecule is CNS(=O)(=O)c1ccc2nc(NC(=O)c3ccc(I)cc3)sc2c1. The van der Waals surface area contributed by atoms with Gasteiger partial charge in [0.15, 0.2) is 5.13 Å². The molecule has 0 unspecified atom stereocenters. The number of thiazole rings is 1. The van der Waals surface area contributed by atoms with E-state index < -0.39 is 10.0 Å². The van der Waals surface area contributed by atoms with E-state index in [0.29, 0.717) is 20.9 Å². The number of carbonyl (C=O) groups is 1. The maximum atomic E-state index is 12.2. The van der Waals surface area contributed by atoms with Crippen LogP contribution in [0, 0.1) is 3.57 Å². The van der Waals surface area contributed by atoms with Gasteiger partial charge in [-0.1, -0.05) is 11.3 Å². The van der Waals surface area contributed by atoms with Crippen molar-refractivity contribution in [2.24, 2.45) is 0 Å². The zero-order chi connectivity index (χ0) is 17.3. The van der Waals surface area contributed by atoms with Gasteiger partial charge in [-0.2, -0.15) is 0 Å². The number of anilines is 1. The Kier molecular flexibility index (Phi) is 4.85. The third-order valence-electron chi connectivity index (χ3n) is 3.27. The molecule has 6 nitrogen and oxygen atoms in total. The van der Waals surface area contributed by atoms with E-state index in [0.717, 1.165) is 3.57 Å². The molecule has 0 aliphatic rings. The fourth-order valence-corrected chi connectivity index (χ4v) is 4.10. The Morgan fingerprint density at radius 2 is 1.88 bits per heavy atom. The van der Waals surface area contributed by atoms with Crippen molar-refractivity contribution in [3.63, 3.8) is 0 Å². The van der Waals surface area contributed by atoms with Gasteiger partial charge in [0.05, 0.1) is 15.1 Å². The smallest absolute Gasteiger partial charge is 0.257 e. The number of fused-ring (bicyclic) bond motifs is 1. The van der Waals surface area contributed by atoms with Crippen molar-refractivity contribution in [3.05, 3.63) is 51.6 Å². The second-order valence-corrected chi connectivity index (χ2v) is 8.98. The number of sulfonamides is 1. The molecule has 0 radical (unpaired) electrons. The van der Waals surface area contributed by atoms with Crippen LogP contribution in [-0.4, -0.2) is 26.4 Å². The standard InChI is InChI=1S/C15H12IN3O3S2/c1-17-24(21,22)11-6-7-12-13(8-11)23-15(18-12)19-14(20)9-2-4-10(16)5-3-9/h2-8,17H,1H3,(H,18,19,20). The van der Waals surface area contributed by atoms with Gasteiger partial charge < -0.3 is 0 Å². The summed E-state index contributed by atoms with van der Waals surface area (Å²) in [6.07, 6.45) is 0. The van der Waals surface area contributed by atoms with Crippen molar-refractivity contribution >= 4 is 65.2 Å². The first-order valence-electron chi connectivity index (χ1n) is 6.80. The average Bonchev–Trinajstić information content (AvgIpc) is 2.96. The fraction of sp³-hybridized carbons (Fsp3) is 0.0667. The molecule has 9 heteroatoms. The monoisotopic (exact) mass is 473 g/mol. The Morgan fingerprint density at radius 1 is 1.17 bits per heavy atom. The molecule has 0 aliphatic carbocycles. The first-order chi connectivity index (χ1) is 11.4. The molecule has 0 spiro atoms. The van der Waals surface area contributed by atoms with Crippen molar-refractivity contribution in [3.8, 4) is 0 Å². The molecule has 0 saturated heterocycles. The number of benzene rings is 2. The van der Waals surface area contributed by atoms with Gasteiger partial charge in [-0.05, 0) is 72.1 Å². The van der Waals surface area contributed by atoms with Gasteiger partial charge in [-0.15, -0.1) is 0 Å². The molecule has 3 rings (SSSR count). The molecular weight excluding hydrogens is 461 g/mol. The summed E-state index contributed by atoms with van der Waals surface area (Å²) in [7, 11) is -2.15. The van der Waals surface area contributed by atoms with Gasteiger partial charge in [0.25, 0.3) is 5.91 Å². The first-order valence-corrected chi connectivity index (χ1v) is 10.2. The third-order valence-corrected chi connectivity index (χ3v) is 6.33. The average molecular weight is 473 g/mol. The van der Waals surface area contributed by atoms with Crippen LogP contribution in [0.2, 0.25) is 0 Å². The number of aromatic nitrogens is 1. The predicted octanol–water partition coefficient (Wildman–Crippen LogP) is 3.06. The highest BCUT2D eigenvalue weighted by atomic mass is 127. The van der Waals surface area contributed by atoms with Gasteiger partial charge in [-0.25, -0.2) is 18.1 Å². The van der Waals surface area contributed by atoms with Gasteiger partial charge in [0.1, 0.15) is 0 Å². The van der Waals surface area contributed by atoms with Crippen LogP contribution in [0.3, 0.4) is 0 Å². The molecule has 24 heavy (non-hydrogen) atoms. The number of carbonyl (C=O) groups excluding carboxylic acids is 1. The van der Waals surface area contributed by atoms with E-state index in [1.165, 1.54) is 24.5 Å². The Hall–Kier alpha value is -1.56. The molecule has 1 heterocycles. The Labute approximate surface area is 156 Å². The Bertz CT molecular complexity index is 1010. The minimum Gasteiger partial charge on any atom is -0.298 e. The highest BCUT2D eigenvalue weighted by molar-refractivity contribution is 14.1. The molecular formula is C15H12IN3O3S2. The topological polar surface area (TPSA) is 88.2 Å². The van der Waals surface area contributed by atoms with Crippen molar-refractivity contribution in [2.75, 3.05) is 12.4 Å². The summed E-state index contributed by atoms with van der Waals surface area (Å²) in [6.45, 7) is 0. The summed E-state index contributed by atoms with van der Waals surface area (Å²) in [5.41, 5.74) is 1.17. The summed E-state index contributed by atoms with van der Waals surface area (Å²) in [5.74, 6) is -0.256. The maximum absolute atomic E-state index is 12.2. The van der Waals surface area contributed by atoms with Crippen LogP contribution in [0.25, 0.3) is 10.2 Å². The largest absolute Gasteiger partial charge is 0.298 e. The van der Waals surface area contributed by atoms with Crippen LogP contribution in [-0.2, 0) is 10.0 Å². The fourth-order valence-electron chi connectivity index (χ4n) is 2.01. The number of halogens is 1. The molecule has 2 N–H and O–H groups in total. The van der Waals surface area contributed by atoms with Crippen LogP contribution in [0.4, 0.5) is 5.13 Å². The lowest BCUT2D eigenvalue weighted by Gasteiger charge is -2.01. The van der Waals surface area contributed by atoms with Crippen molar-refractivity contribution in [1.29, 1.82) is 0 Å². The van der Waals surface area contributed by atoms with E-state index in [-0.39, 0.29) is 10.8 Å². The second-order valence-electron chi connectivity index (χ2n) is 4.82. The van der Waals surface area contributed by atoms with Crippen LogP contribution < -0.4 is 10.0 Å². The molecule has 0 aliphatic heterocycles.